The topological polar surface area (TPSA) is 84.0 Å². The highest BCUT2D eigenvalue weighted by atomic mass is 16.5. The van der Waals surface area contributed by atoms with Gasteiger partial charge in [-0.3, -0.25) is 24.1 Å². The van der Waals surface area contributed by atoms with Crippen LogP contribution in [0.25, 0.3) is 0 Å². The van der Waals surface area contributed by atoms with Crippen molar-refractivity contribution in [1.29, 1.82) is 0 Å². The summed E-state index contributed by atoms with van der Waals surface area (Å²) in [5.41, 5.74) is 2.49. The number of carbonyl (C=O) groups excluding carboxylic acids is 4. The van der Waals surface area contributed by atoms with E-state index in [1.54, 1.807) is 29.2 Å². The minimum absolute atomic E-state index is 0.0894. The molecule has 2 heterocycles. The molecule has 5 atom stereocenters. The van der Waals surface area contributed by atoms with Gasteiger partial charge in [-0.2, -0.15) is 0 Å². The first-order valence-corrected chi connectivity index (χ1v) is 12.5. The number of benzene rings is 2. The van der Waals surface area contributed by atoms with Gasteiger partial charge in [0.2, 0.25) is 17.7 Å². The second-order valence-corrected chi connectivity index (χ2v) is 10.2. The van der Waals surface area contributed by atoms with Gasteiger partial charge in [-0.05, 0) is 79.5 Å². The molecule has 2 aliphatic carbocycles. The van der Waals surface area contributed by atoms with E-state index in [1.165, 1.54) is 10.5 Å². The summed E-state index contributed by atoms with van der Waals surface area (Å²) in [6.45, 7) is 2.35. The molecule has 0 spiro atoms. The Balaban J connectivity index is 1.11. The van der Waals surface area contributed by atoms with Crippen LogP contribution in [0.3, 0.4) is 0 Å². The van der Waals surface area contributed by atoms with Gasteiger partial charge in [0.15, 0.2) is 0 Å². The van der Waals surface area contributed by atoms with Crippen molar-refractivity contribution in [1.82, 2.24) is 0 Å². The van der Waals surface area contributed by atoms with Gasteiger partial charge >= 0.3 is 5.97 Å². The number of anilines is 2. The molecule has 0 unspecified atom stereocenters. The fraction of sp³-hybridized carbons (Fsp3) is 0.429. The van der Waals surface area contributed by atoms with Gasteiger partial charge in [-0.15, -0.1) is 0 Å². The maximum absolute atomic E-state index is 13.0. The normalized spacial score (nSPS) is 29.3. The van der Waals surface area contributed by atoms with Crippen molar-refractivity contribution < 1.29 is 23.9 Å². The van der Waals surface area contributed by atoms with Gasteiger partial charge in [-0.25, -0.2) is 0 Å². The summed E-state index contributed by atoms with van der Waals surface area (Å²) in [4.78, 5) is 54.3. The third-order valence-electron chi connectivity index (χ3n) is 8.36. The number of nitrogens with zero attached hydrogens (tertiary/aromatic N) is 2. The quantitative estimate of drug-likeness (QED) is 0.376. The maximum atomic E-state index is 13.0. The number of esters is 1. The summed E-state index contributed by atoms with van der Waals surface area (Å²) in [6, 6.07) is 14.3. The molecular formula is C28H28N2O5. The summed E-state index contributed by atoms with van der Waals surface area (Å²) in [7, 11) is 0. The lowest BCUT2D eigenvalue weighted by atomic mass is 9.81. The molecule has 2 saturated heterocycles. The number of rotatable bonds is 5. The van der Waals surface area contributed by atoms with Crippen molar-refractivity contribution in [2.24, 2.45) is 29.6 Å². The van der Waals surface area contributed by atoms with Crippen LogP contribution in [0.2, 0.25) is 0 Å². The molecule has 2 saturated carbocycles. The van der Waals surface area contributed by atoms with Gasteiger partial charge in [-0.1, -0.05) is 19.1 Å². The van der Waals surface area contributed by atoms with Gasteiger partial charge in [0.05, 0.1) is 23.4 Å². The van der Waals surface area contributed by atoms with Crippen LogP contribution in [-0.4, -0.2) is 30.2 Å². The Hall–Kier alpha value is -3.48. The van der Waals surface area contributed by atoms with E-state index in [2.05, 4.69) is 6.92 Å². The molecule has 7 heteroatoms. The number of ether oxygens (including phenoxy) is 1. The van der Waals surface area contributed by atoms with E-state index in [1.807, 2.05) is 24.3 Å². The first kappa shape index (κ1) is 22.0. The van der Waals surface area contributed by atoms with E-state index in [9.17, 15) is 19.2 Å². The highest BCUT2D eigenvalue weighted by Crippen LogP contribution is 2.56. The summed E-state index contributed by atoms with van der Waals surface area (Å²) in [5.74, 6) is -0.618. The highest BCUT2D eigenvalue weighted by Gasteiger charge is 2.61. The second kappa shape index (κ2) is 8.33. The summed E-state index contributed by atoms with van der Waals surface area (Å²) >= 11 is 0. The number of hydrogen-bond acceptors (Lipinski definition) is 5. The molecule has 180 valence electrons. The van der Waals surface area contributed by atoms with Crippen LogP contribution >= 0.6 is 0 Å². The Morgan fingerprint density at radius 1 is 0.886 bits per heavy atom. The van der Waals surface area contributed by atoms with Crippen molar-refractivity contribution in [3.8, 4) is 5.75 Å². The van der Waals surface area contributed by atoms with Crippen LogP contribution in [-0.2, 0) is 25.6 Å². The highest BCUT2D eigenvalue weighted by molar-refractivity contribution is 6.22. The zero-order valence-electron chi connectivity index (χ0n) is 19.7. The fourth-order valence-electron chi connectivity index (χ4n) is 6.55. The van der Waals surface area contributed by atoms with Crippen LogP contribution in [0.15, 0.2) is 48.5 Å². The molecule has 2 aromatic rings. The Bertz CT molecular complexity index is 1180. The number of imide groups is 1. The third kappa shape index (κ3) is 3.56. The van der Waals surface area contributed by atoms with Gasteiger partial charge in [0.25, 0.3) is 0 Å². The first-order valence-electron chi connectivity index (χ1n) is 12.5. The molecule has 2 bridgehead atoms. The second-order valence-electron chi connectivity index (χ2n) is 10.2. The van der Waals surface area contributed by atoms with Crippen molar-refractivity contribution in [2.75, 3.05) is 16.3 Å². The zero-order chi connectivity index (χ0) is 24.3. The number of hydrogen-bond donors (Lipinski definition) is 0. The molecule has 0 radical (unpaired) electrons. The summed E-state index contributed by atoms with van der Waals surface area (Å²) in [6.07, 6.45) is 4.11. The largest absolute Gasteiger partial charge is 0.426 e. The Kier molecular flexibility index (Phi) is 5.24. The van der Waals surface area contributed by atoms with E-state index in [-0.39, 0.29) is 42.5 Å². The molecule has 0 aromatic heterocycles. The van der Waals surface area contributed by atoms with Crippen LogP contribution in [0.1, 0.15) is 38.2 Å². The van der Waals surface area contributed by atoms with Crippen LogP contribution in [0.5, 0.6) is 5.75 Å². The van der Waals surface area contributed by atoms with Crippen LogP contribution in [0, 0.1) is 29.6 Å². The van der Waals surface area contributed by atoms with E-state index in [0.717, 1.165) is 31.4 Å². The van der Waals surface area contributed by atoms with E-state index < -0.39 is 11.9 Å². The molecule has 4 fully saturated rings. The standard InChI is InChI=1S/C28H28N2O5/c1-2-16-3-7-20(8-4-16)29-15-19(14-23(29)31)28(34)35-22-11-9-21(10-12-22)30-26(32)24-17-5-6-18(13-17)25(24)27(30)33/h3-4,7-12,17-19,24-25H,2,5-6,13-15H2,1H3/t17-,18-,19+,24+,25+/m0/s1. The van der Waals surface area contributed by atoms with Crippen molar-refractivity contribution in [2.45, 2.75) is 39.0 Å². The number of fused-ring (bicyclic) bond motifs is 5. The lowest BCUT2D eigenvalue weighted by molar-refractivity contribution is -0.139. The monoisotopic (exact) mass is 472 g/mol. The third-order valence-corrected chi connectivity index (χ3v) is 8.36. The van der Waals surface area contributed by atoms with Crippen LogP contribution in [0.4, 0.5) is 11.4 Å². The molecule has 2 aliphatic heterocycles. The molecule has 2 aromatic carbocycles. The molecular weight excluding hydrogens is 444 g/mol. The lowest BCUT2D eigenvalue weighted by Crippen LogP contribution is -2.32. The predicted octanol–water partition coefficient (Wildman–Crippen LogP) is 3.74. The lowest BCUT2D eigenvalue weighted by Gasteiger charge is -2.19. The van der Waals surface area contributed by atoms with Gasteiger partial charge in [0, 0.05) is 18.7 Å². The summed E-state index contributed by atoms with van der Waals surface area (Å²) in [5, 5.41) is 0. The van der Waals surface area contributed by atoms with Gasteiger partial charge in [0.1, 0.15) is 5.75 Å². The van der Waals surface area contributed by atoms with Gasteiger partial charge < -0.3 is 9.64 Å². The van der Waals surface area contributed by atoms with E-state index in [4.69, 9.17) is 4.74 Å². The molecule has 3 amide bonds. The minimum atomic E-state index is -0.551. The first-order chi connectivity index (χ1) is 16.9. The number of aryl methyl sites for hydroxylation is 1. The molecule has 7 nitrogen and oxygen atoms in total. The van der Waals surface area contributed by atoms with Crippen LogP contribution < -0.4 is 14.5 Å². The SMILES string of the molecule is CCc1ccc(N2C[C@H](C(=O)Oc3ccc(N4C(=O)[C@@H]5[C@H]6CC[C@@H](C6)[C@H]5C4=O)cc3)CC2=O)cc1. The minimum Gasteiger partial charge on any atom is -0.426 e. The molecule has 6 rings (SSSR count). The Morgan fingerprint density at radius 2 is 1.49 bits per heavy atom. The Labute approximate surface area is 204 Å². The molecule has 35 heavy (non-hydrogen) atoms. The molecule has 4 aliphatic rings. The average Bonchev–Trinajstić information content (AvgIpc) is 3.63. The van der Waals surface area contributed by atoms with Crippen molar-refractivity contribution in [3.63, 3.8) is 0 Å². The maximum Gasteiger partial charge on any atom is 0.316 e. The Morgan fingerprint density at radius 3 is 2.09 bits per heavy atom. The molecule has 0 N–H and O–H groups in total. The predicted molar refractivity (Wildman–Crippen MR) is 129 cm³/mol. The van der Waals surface area contributed by atoms with Crippen molar-refractivity contribution >= 4 is 35.1 Å². The fourth-order valence-corrected chi connectivity index (χ4v) is 6.55. The summed E-state index contributed by atoms with van der Waals surface area (Å²) < 4.78 is 5.55. The average molecular weight is 473 g/mol. The number of amides is 3. The zero-order valence-corrected chi connectivity index (χ0v) is 19.7. The number of carbonyl (C=O) groups is 4. The van der Waals surface area contributed by atoms with E-state index >= 15 is 0 Å². The van der Waals surface area contributed by atoms with E-state index in [0.29, 0.717) is 23.3 Å². The smallest absolute Gasteiger partial charge is 0.316 e. The van der Waals surface area contributed by atoms with Crippen molar-refractivity contribution in [3.05, 3.63) is 54.1 Å².